The Kier molecular flexibility index (Phi) is 3.92. The topological polar surface area (TPSA) is 53.6 Å². The van der Waals surface area contributed by atoms with Crippen LogP contribution in [0.4, 0.5) is 5.82 Å². The second-order valence-electron chi connectivity index (χ2n) is 6.87. The molecule has 28 heavy (non-hydrogen) atoms. The molecule has 1 aromatic heterocycles. The molecular formula is C24H18N4. The predicted molar refractivity (Wildman–Crippen MR) is 111 cm³/mol. The van der Waals surface area contributed by atoms with Crippen molar-refractivity contribution in [1.82, 2.24) is 9.78 Å². The lowest BCUT2D eigenvalue weighted by Gasteiger charge is -2.06. The molecule has 1 aliphatic heterocycles. The summed E-state index contributed by atoms with van der Waals surface area (Å²) in [6.07, 6.45) is 0.960. The first kappa shape index (κ1) is 16.3. The molecule has 0 atom stereocenters. The molecule has 4 heteroatoms. The standard InChI is InChI=1S/C24H18N4/c25-16-17-6-12-21(13-7-17)28-24-22(14-15-26-24)23(27-28)20-10-8-19(9-11-20)18-4-2-1-3-5-18/h1-13,26H,14-15H2. The van der Waals surface area contributed by atoms with Gasteiger partial charge in [-0.15, -0.1) is 0 Å². The van der Waals surface area contributed by atoms with Gasteiger partial charge in [-0.2, -0.15) is 10.4 Å². The molecule has 0 saturated heterocycles. The Balaban J connectivity index is 1.55. The van der Waals surface area contributed by atoms with Gasteiger partial charge in [-0.3, -0.25) is 0 Å². The summed E-state index contributed by atoms with van der Waals surface area (Å²) in [5.41, 5.74) is 7.40. The van der Waals surface area contributed by atoms with Crippen molar-refractivity contribution in [2.24, 2.45) is 0 Å². The minimum absolute atomic E-state index is 0.650. The Morgan fingerprint density at radius 1 is 0.821 bits per heavy atom. The molecule has 3 aromatic carbocycles. The van der Waals surface area contributed by atoms with Gasteiger partial charge in [0.1, 0.15) is 5.82 Å². The number of hydrogen-bond acceptors (Lipinski definition) is 3. The summed E-state index contributed by atoms with van der Waals surface area (Å²) in [5.74, 6) is 1.05. The van der Waals surface area contributed by atoms with Crippen LogP contribution in [-0.2, 0) is 6.42 Å². The average Bonchev–Trinajstić information content (AvgIpc) is 3.38. The first-order valence-corrected chi connectivity index (χ1v) is 9.35. The third kappa shape index (κ3) is 2.74. The lowest BCUT2D eigenvalue weighted by molar-refractivity contribution is 0.882. The SMILES string of the molecule is N#Cc1ccc(-n2nc(-c3ccc(-c4ccccc4)cc3)c3c2NCC3)cc1. The van der Waals surface area contributed by atoms with Gasteiger partial charge in [0.2, 0.25) is 0 Å². The highest BCUT2D eigenvalue weighted by Crippen LogP contribution is 2.35. The molecule has 2 heterocycles. The van der Waals surface area contributed by atoms with Crippen LogP contribution in [0.25, 0.3) is 28.1 Å². The molecule has 1 N–H and O–H groups in total. The van der Waals surface area contributed by atoms with E-state index in [4.69, 9.17) is 10.4 Å². The Morgan fingerprint density at radius 2 is 1.50 bits per heavy atom. The van der Waals surface area contributed by atoms with E-state index in [-0.39, 0.29) is 0 Å². The van der Waals surface area contributed by atoms with Crippen molar-refractivity contribution >= 4 is 5.82 Å². The number of nitrogens with zero attached hydrogens (tertiary/aromatic N) is 3. The molecule has 0 unspecified atom stereocenters. The number of hydrogen-bond donors (Lipinski definition) is 1. The Bertz CT molecular complexity index is 1160. The molecule has 4 aromatic rings. The van der Waals surface area contributed by atoms with E-state index in [2.05, 4.69) is 59.9 Å². The zero-order valence-corrected chi connectivity index (χ0v) is 15.3. The Hall–Kier alpha value is -3.84. The molecule has 0 amide bonds. The Morgan fingerprint density at radius 3 is 2.21 bits per heavy atom. The lowest BCUT2D eigenvalue weighted by atomic mass is 10.0. The second kappa shape index (κ2) is 6.71. The van der Waals surface area contributed by atoms with Crippen molar-refractivity contribution in [2.45, 2.75) is 6.42 Å². The van der Waals surface area contributed by atoms with Crippen LogP contribution >= 0.6 is 0 Å². The first-order valence-electron chi connectivity index (χ1n) is 9.35. The van der Waals surface area contributed by atoms with Crippen LogP contribution < -0.4 is 5.32 Å². The number of rotatable bonds is 3. The minimum Gasteiger partial charge on any atom is -0.369 e. The van der Waals surface area contributed by atoms with Gasteiger partial charge in [0.25, 0.3) is 0 Å². The maximum Gasteiger partial charge on any atom is 0.133 e. The van der Waals surface area contributed by atoms with Gasteiger partial charge in [-0.25, -0.2) is 4.68 Å². The van der Waals surface area contributed by atoms with Crippen molar-refractivity contribution in [2.75, 3.05) is 11.9 Å². The van der Waals surface area contributed by atoms with Gasteiger partial charge >= 0.3 is 0 Å². The summed E-state index contributed by atoms with van der Waals surface area (Å²) in [6.45, 7) is 0.915. The van der Waals surface area contributed by atoms with E-state index < -0.39 is 0 Å². The number of fused-ring (bicyclic) bond motifs is 1. The van der Waals surface area contributed by atoms with Crippen LogP contribution in [-0.4, -0.2) is 16.3 Å². The van der Waals surface area contributed by atoms with Gasteiger partial charge < -0.3 is 5.32 Å². The smallest absolute Gasteiger partial charge is 0.133 e. The fourth-order valence-electron chi connectivity index (χ4n) is 3.72. The number of anilines is 1. The molecule has 0 bridgehead atoms. The fourth-order valence-corrected chi connectivity index (χ4v) is 3.72. The van der Waals surface area contributed by atoms with Crippen molar-refractivity contribution < 1.29 is 0 Å². The molecule has 134 valence electrons. The monoisotopic (exact) mass is 362 g/mol. The maximum atomic E-state index is 9.03. The number of benzene rings is 3. The molecule has 0 aliphatic carbocycles. The van der Waals surface area contributed by atoms with Crippen LogP contribution in [0, 0.1) is 11.3 Å². The van der Waals surface area contributed by atoms with Crippen LogP contribution in [0.3, 0.4) is 0 Å². The van der Waals surface area contributed by atoms with E-state index in [1.807, 2.05) is 35.0 Å². The largest absolute Gasteiger partial charge is 0.369 e. The molecule has 0 radical (unpaired) electrons. The molecule has 5 rings (SSSR count). The molecule has 0 saturated carbocycles. The van der Waals surface area contributed by atoms with Crippen LogP contribution in [0.2, 0.25) is 0 Å². The molecule has 1 aliphatic rings. The molecule has 4 nitrogen and oxygen atoms in total. The minimum atomic E-state index is 0.650. The van der Waals surface area contributed by atoms with E-state index in [9.17, 15) is 0 Å². The van der Waals surface area contributed by atoms with Crippen LogP contribution in [0.15, 0.2) is 78.9 Å². The fraction of sp³-hybridized carbons (Fsp3) is 0.0833. The van der Waals surface area contributed by atoms with E-state index in [0.29, 0.717) is 5.56 Å². The summed E-state index contributed by atoms with van der Waals surface area (Å²) in [5, 5.41) is 17.4. The van der Waals surface area contributed by atoms with Crippen molar-refractivity contribution in [3.63, 3.8) is 0 Å². The average molecular weight is 362 g/mol. The third-order valence-electron chi connectivity index (χ3n) is 5.16. The summed E-state index contributed by atoms with van der Waals surface area (Å²) < 4.78 is 1.95. The lowest BCUT2D eigenvalue weighted by Crippen LogP contribution is -2.04. The third-order valence-corrected chi connectivity index (χ3v) is 5.16. The summed E-state index contributed by atoms with van der Waals surface area (Å²) in [4.78, 5) is 0. The quantitative estimate of drug-likeness (QED) is 0.555. The number of nitriles is 1. The maximum absolute atomic E-state index is 9.03. The van der Waals surface area contributed by atoms with Gasteiger partial charge in [0.05, 0.1) is 23.0 Å². The highest BCUT2D eigenvalue weighted by atomic mass is 15.3. The summed E-state index contributed by atoms with van der Waals surface area (Å²) in [6, 6.07) is 28.7. The van der Waals surface area contributed by atoms with Gasteiger partial charge in [-0.1, -0.05) is 54.6 Å². The molecule has 0 spiro atoms. The summed E-state index contributed by atoms with van der Waals surface area (Å²) in [7, 11) is 0. The second-order valence-corrected chi connectivity index (χ2v) is 6.87. The normalized spacial score (nSPS) is 12.2. The van der Waals surface area contributed by atoms with Gasteiger partial charge in [0, 0.05) is 17.7 Å². The van der Waals surface area contributed by atoms with Gasteiger partial charge in [0.15, 0.2) is 0 Å². The molecular weight excluding hydrogens is 344 g/mol. The van der Waals surface area contributed by atoms with Crippen molar-refractivity contribution in [3.05, 3.63) is 90.0 Å². The predicted octanol–water partition coefficient (Wildman–Crippen LogP) is 5.05. The van der Waals surface area contributed by atoms with Crippen molar-refractivity contribution in [1.29, 1.82) is 5.26 Å². The zero-order valence-electron chi connectivity index (χ0n) is 15.3. The van der Waals surface area contributed by atoms with E-state index >= 15 is 0 Å². The van der Waals surface area contributed by atoms with Crippen LogP contribution in [0.5, 0.6) is 0 Å². The van der Waals surface area contributed by atoms with E-state index in [0.717, 1.165) is 35.7 Å². The van der Waals surface area contributed by atoms with E-state index in [1.165, 1.54) is 16.7 Å². The highest BCUT2D eigenvalue weighted by molar-refractivity contribution is 5.75. The van der Waals surface area contributed by atoms with Gasteiger partial charge in [-0.05, 0) is 41.8 Å². The highest BCUT2D eigenvalue weighted by Gasteiger charge is 2.23. The molecule has 0 fully saturated rings. The first-order chi connectivity index (χ1) is 13.8. The van der Waals surface area contributed by atoms with Crippen molar-refractivity contribution in [3.8, 4) is 34.1 Å². The Labute approximate surface area is 163 Å². The number of aromatic nitrogens is 2. The number of nitrogens with one attached hydrogen (secondary N) is 1. The van der Waals surface area contributed by atoms with Crippen LogP contribution in [0.1, 0.15) is 11.1 Å². The zero-order chi connectivity index (χ0) is 18.9. The summed E-state index contributed by atoms with van der Waals surface area (Å²) >= 11 is 0. The van der Waals surface area contributed by atoms with E-state index in [1.54, 1.807) is 0 Å².